The summed E-state index contributed by atoms with van der Waals surface area (Å²) >= 11 is 6.46. The number of nitroso groups, excluding NO2 is 1. The first-order valence-electron chi connectivity index (χ1n) is 25.1. The van der Waals surface area contributed by atoms with Gasteiger partial charge in [0.2, 0.25) is 0 Å². The second-order valence-corrected chi connectivity index (χ2v) is 18.8. The van der Waals surface area contributed by atoms with Crippen molar-refractivity contribution in [2.24, 2.45) is 11.1 Å². The van der Waals surface area contributed by atoms with Crippen LogP contribution in [0.25, 0.3) is 0 Å². The summed E-state index contributed by atoms with van der Waals surface area (Å²) in [7, 11) is 4.47. The number of aliphatic hydroxyl groups excluding tert-OH is 5. The SMILES string of the molecule is CC(C)C=O.CCC.CCC(OC)C(N=O)C(O)C(C)O.CCc1c(Cl)c(O)c(C)c2c1OC1C(C)OC(OC/C(C=O)=C\C=C\CC(O)/C(C)=C/C(O)/C(C)=C/C(C)=C/CC(OC)C(C)O)C(OC)C1ONO2. The van der Waals surface area contributed by atoms with Crippen LogP contribution in [0.3, 0.4) is 0 Å². The average molecular weight is 1070 g/mol. The van der Waals surface area contributed by atoms with Gasteiger partial charge in [-0.2, -0.15) is 4.91 Å². The number of benzene rings is 1. The smallest absolute Gasteiger partial charge is 0.199 e. The van der Waals surface area contributed by atoms with Gasteiger partial charge in [0, 0.05) is 43.9 Å². The zero-order valence-electron chi connectivity index (χ0n) is 46.4. The van der Waals surface area contributed by atoms with Crippen LogP contribution >= 0.6 is 11.6 Å². The molecule has 13 atom stereocenters. The predicted octanol–water partition coefficient (Wildman–Crippen LogP) is 7.60. The van der Waals surface area contributed by atoms with E-state index in [0.29, 0.717) is 59.1 Å². The number of ether oxygens (including phenoxy) is 6. The number of hydrogen-bond acceptors (Lipinski definition) is 19. The molecule has 2 aliphatic heterocycles. The first kappa shape index (κ1) is 70.1. The van der Waals surface area contributed by atoms with Gasteiger partial charge in [-0.25, -0.2) is 0 Å². The summed E-state index contributed by atoms with van der Waals surface area (Å²) in [5.41, 5.74) is 5.94. The lowest BCUT2D eigenvalue weighted by molar-refractivity contribution is -0.323. The minimum Gasteiger partial charge on any atom is -0.506 e. The largest absolute Gasteiger partial charge is 0.506 e. The molecule has 20 heteroatoms. The molecule has 0 amide bonds. The topological polar surface area (TPSA) is 271 Å². The summed E-state index contributed by atoms with van der Waals surface area (Å²) in [5, 5.41) is 63.0. The molecule has 7 N–H and O–H groups in total. The Bertz CT molecular complexity index is 1950. The Morgan fingerprint density at radius 3 is 1.99 bits per heavy atom. The Hall–Kier alpha value is -3.93. The molecule has 0 spiro atoms. The van der Waals surface area contributed by atoms with Gasteiger partial charge in [0.05, 0.1) is 54.4 Å². The van der Waals surface area contributed by atoms with Crippen molar-refractivity contribution in [1.29, 1.82) is 0 Å². The van der Waals surface area contributed by atoms with E-state index in [2.05, 4.69) is 24.7 Å². The number of carbonyl (C=O) groups excluding carboxylic acids is 2. The average Bonchev–Trinajstić information content (AvgIpc) is 3.35. The maximum atomic E-state index is 11.9. The van der Waals surface area contributed by atoms with Crippen molar-refractivity contribution in [2.75, 3.05) is 27.9 Å². The van der Waals surface area contributed by atoms with Crippen LogP contribution in [0.1, 0.15) is 120 Å². The van der Waals surface area contributed by atoms with Crippen LogP contribution in [-0.2, 0) is 44.5 Å². The third kappa shape index (κ3) is 23.1. The second kappa shape index (κ2) is 37.8. The lowest BCUT2D eigenvalue weighted by Gasteiger charge is -2.45. The summed E-state index contributed by atoms with van der Waals surface area (Å²) in [5.74, 6) is 0.680. The van der Waals surface area contributed by atoms with Crippen LogP contribution in [0.5, 0.6) is 17.2 Å². The molecular formula is C54H89ClN2O17. The molecule has 13 unspecified atom stereocenters. The number of phenolic OH excluding ortho intramolecular Hbond substituents is 1. The minimum atomic E-state index is -1.16. The lowest BCUT2D eigenvalue weighted by Crippen LogP contribution is -2.62. The van der Waals surface area contributed by atoms with Crippen LogP contribution in [0.15, 0.2) is 63.9 Å². The van der Waals surface area contributed by atoms with Crippen molar-refractivity contribution in [1.82, 2.24) is 5.64 Å². The number of phenols is 1. The van der Waals surface area contributed by atoms with E-state index in [1.165, 1.54) is 27.6 Å². The van der Waals surface area contributed by atoms with E-state index in [0.717, 1.165) is 11.9 Å². The number of allylic oxidation sites excluding steroid dienone is 4. The fourth-order valence-electron chi connectivity index (χ4n) is 7.15. The fourth-order valence-corrected chi connectivity index (χ4v) is 7.51. The first-order valence-corrected chi connectivity index (χ1v) is 25.5. The van der Waals surface area contributed by atoms with E-state index in [1.54, 1.807) is 66.0 Å². The molecule has 1 aromatic carbocycles. The van der Waals surface area contributed by atoms with E-state index in [9.17, 15) is 40.0 Å². The highest BCUT2D eigenvalue weighted by atomic mass is 35.5. The Kier molecular flexibility index (Phi) is 35.7. The molecule has 74 heavy (non-hydrogen) atoms. The van der Waals surface area contributed by atoms with Gasteiger partial charge in [0.1, 0.15) is 36.6 Å². The van der Waals surface area contributed by atoms with Gasteiger partial charge >= 0.3 is 0 Å². The molecule has 424 valence electrons. The molecule has 0 saturated carbocycles. The van der Waals surface area contributed by atoms with Gasteiger partial charge in [-0.05, 0) is 90.9 Å². The summed E-state index contributed by atoms with van der Waals surface area (Å²) in [4.78, 5) is 43.3. The van der Waals surface area contributed by atoms with Gasteiger partial charge in [0.15, 0.2) is 30.0 Å². The summed E-state index contributed by atoms with van der Waals surface area (Å²) in [6.45, 7) is 23.5. The molecule has 0 radical (unpaired) electrons. The number of rotatable bonds is 24. The molecule has 3 rings (SSSR count). The van der Waals surface area contributed by atoms with Gasteiger partial charge in [-0.3, -0.25) is 9.63 Å². The van der Waals surface area contributed by atoms with Gasteiger partial charge in [-0.1, -0.05) is 107 Å². The Balaban J connectivity index is 0.00000212. The van der Waals surface area contributed by atoms with E-state index in [4.69, 9.17) is 54.8 Å². The van der Waals surface area contributed by atoms with Gasteiger partial charge in [0.25, 0.3) is 0 Å². The minimum absolute atomic E-state index is 0.109. The van der Waals surface area contributed by atoms with Crippen LogP contribution < -0.4 is 15.2 Å². The molecule has 0 bridgehead atoms. The lowest BCUT2D eigenvalue weighted by atomic mass is 9.98. The Morgan fingerprint density at radius 1 is 0.892 bits per heavy atom. The zero-order chi connectivity index (χ0) is 56.8. The normalized spacial score (nSPS) is 22.6. The van der Waals surface area contributed by atoms with Crippen molar-refractivity contribution < 1.29 is 78.3 Å². The Labute approximate surface area is 444 Å². The third-order valence-corrected chi connectivity index (χ3v) is 12.1. The second-order valence-electron chi connectivity index (χ2n) is 18.4. The quantitative estimate of drug-likeness (QED) is 0.0173. The number of aliphatic hydroxyl groups is 5. The predicted molar refractivity (Wildman–Crippen MR) is 285 cm³/mol. The van der Waals surface area contributed by atoms with Crippen LogP contribution in [0, 0.1) is 17.7 Å². The van der Waals surface area contributed by atoms with Crippen molar-refractivity contribution in [3.63, 3.8) is 0 Å². The van der Waals surface area contributed by atoms with Crippen LogP contribution in [0.2, 0.25) is 5.02 Å². The van der Waals surface area contributed by atoms with Crippen molar-refractivity contribution in [3.8, 4) is 17.2 Å². The number of aldehydes is 2. The van der Waals surface area contributed by atoms with Crippen LogP contribution in [0.4, 0.5) is 0 Å². The van der Waals surface area contributed by atoms with Crippen molar-refractivity contribution in [2.45, 2.75) is 202 Å². The third-order valence-electron chi connectivity index (χ3n) is 11.7. The molecule has 1 saturated heterocycles. The van der Waals surface area contributed by atoms with Crippen LogP contribution in [-0.4, -0.2) is 151 Å². The highest BCUT2D eigenvalue weighted by molar-refractivity contribution is 6.33. The number of fused-ring (bicyclic) bond motifs is 2. The molecule has 0 aromatic heterocycles. The van der Waals surface area contributed by atoms with E-state index in [-0.39, 0.29) is 41.6 Å². The van der Waals surface area contributed by atoms with E-state index >= 15 is 0 Å². The standard InChI is InChI=1S/C39H56ClNO12.C8H17NO4.C4H8O.C3H8/c1-10-28-32(40)33(46)24(5)34-36(28)51-35-26(7)50-39(38(48-9)37(35)53-41-52-34)49-20-27(19-42)13-11-12-14-29(44)23(4)18-30(45)22(3)17-21(2)15-16-31(47-8)25(6)43;1-4-6(13-3)7(9-12)8(11)5(2)10;1-4(2)3-5;1-3-2/h11-13,15,17-19,25-26,29-31,35,37-39,41,43-46H,10,14,16,20H2,1-9H3;5-8,10-11H,4H2,1-3H3;3-4H,1-2H3;3H2,1-2H3/b12-11+,21-15+,22-17+,23-18+,27-13-;;;. The fraction of sp³-hybridized carbons (Fsp3) is 0.667. The summed E-state index contributed by atoms with van der Waals surface area (Å²) < 4.78 is 34.5. The van der Waals surface area contributed by atoms with E-state index in [1.807, 2.05) is 46.8 Å². The maximum absolute atomic E-state index is 11.9. The summed E-state index contributed by atoms with van der Waals surface area (Å²) in [6.07, 6.45) is 5.88. The molecule has 0 aliphatic carbocycles. The maximum Gasteiger partial charge on any atom is 0.199 e. The molecule has 1 fully saturated rings. The van der Waals surface area contributed by atoms with E-state index < -0.39 is 73.4 Å². The first-order chi connectivity index (χ1) is 34.9. The number of halogens is 1. The zero-order valence-corrected chi connectivity index (χ0v) is 47.2. The number of carbonyl (C=O) groups is 2. The number of nitrogens with one attached hydrogen (secondary N) is 1. The molecule has 2 heterocycles. The van der Waals surface area contributed by atoms with Crippen molar-refractivity contribution >= 4 is 24.2 Å². The molecule has 1 aromatic rings. The molecule has 2 aliphatic rings. The Morgan fingerprint density at radius 2 is 1.50 bits per heavy atom. The molecule has 19 nitrogen and oxygen atoms in total. The summed E-state index contributed by atoms with van der Waals surface area (Å²) in [6, 6.07) is -0.907. The number of methoxy groups -OCH3 is 3. The van der Waals surface area contributed by atoms with Gasteiger partial charge in [-0.15, -0.1) is 0 Å². The number of hydrogen-bond donors (Lipinski definition) is 7. The highest BCUT2D eigenvalue weighted by Gasteiger charge is 2.50. The highest BCUT2D eigenvalue weighted by Crippen LogP contribution is 2.48. The van der Waals surface area contributed by atoms with Gasteiger partial charge < -0.3 is 68.7 Å². The monoisotopic (exact) mass is 1070 g/mol. The number of aromatic hydroxyl groups is 1. The number of nitrogens with zero attached hydrogens (tertiary/aromatic N) is 1. The molecular weight excluding hydrogens is 984 g/mol. The van der Waals surface area contributed by atoms with Crippen molar-refractivity contribution in [3.05, 3.63) is 79.8 Å².